The zero-order valence-corrected chi connectivity index (χ0v) is 7.33. The summed E-state index contributed by atoms with van der Waals surface area (Å²) in [4.78, 5) is 15.5. The van der Waals surface area contributed by atoms with E-state index in [0.29, 0.717) is 17.0 Å². The van der Waals surface area contributed by atoms with E-state index in [0.717, 1.165) is 0 Å². The van der Waals surface area contributed by atoms with Crippen molar-refractivity contribution in [2.45, 2.75) is 13.8 Å². The lowest BCUT2D eigenvalue weighted by Crippen LogP contribution is -2.16. The van der Waals surface area contributed by atoms with Crippen molar-refractivity contribution in [3.8, 4) is 5.75 Å². The molecule has 13 heavy (non-hydrogen) atoms. The van der Waals surface area contributed by atoms with E-state index in [2.05, 4.69) is 10.1 Å². The molecular formula is C8H9N3O2. The molecule has 5 heteroatoms. The van der Waals surface area contributed by atoms with Gasteiger partial charge in [0.05, 0.1) is 5.56 Å². The lowest BCUT2D eigenvalue weighted by molar-refractivity contribution is 0.469. The number of fused-ring (bicyclic) bond motifs is 1. The molecule has 2 N–H and O–H groups in total. The highest BCUT2D eigenvalue weighted by Gasteiger charge is 2.07. The molecule has 2 rings (SSSR count). The van der Waals surface area contributed by atoms with Crippen LogP contribution in [0.3, 0.4) is 0 Å². The fourth-order valence-electron chi connectivity index (χ4n) is 1.23. The number of hydrogen-bond acceptors (Lipinski definition) is 3. The third-order valence-electron chi connectivity index (χ3n) is 1.96. The monoisotopic (exact) mass is 179 g/mol. The van der Waals surface area contributed by atoms with Crippen LogP contribution < -0.4 is 5.56 Å². The number of aromatic hydroxyl groups is 1. The maximum absolute atomic E-state index is 11.5. The van der Waals surface area contributed by atoms with Crippen molar-refractivity contribution in [1.82, 2.24) is 14.6 Å². The number of rotatable bonds is 0. The van der Waals surface area contributed by atoms with E-state index in [1.807, 2.05) is 0 Å². The minimum Gasteiger partial charge on any atom is -0.507 e. The van der Waals surface area contributed by atoms with Crippen LogP contribution in [0.2, 0.25) is 0 Å². The van der Waals surface area contributed by atoms with Gasteiger partial charge < -0.3 is 5.11 Å². The molecule has 2 aromatic heterocycles. The second-order valence-electron chi connectivity index (χ2n) is 2.96. The zero-order chi connectivity index (χ0) is 9.59. The minimum atomic E-state index is -0.268. The Morgan fingerprint density at radius 3 is 2.92 bits per heavy atom. The summed E-state index contributed by atoms with van der Waals surface area (Å²) in [7, 11) is 0. The number of nitrogens with zero attached hydrogens (tertiary/aromatic N) is 2. The van der Waals surface area contributed by atoms with Gasteiger partial charge in [0.15, 0.2) is 5.65 Å². The van der Waals surface area contributed by atoms with E-state index >= 15 is 0 Å². The van der Waals surface area contributed by atoms with Crippen LogP contribution in [0.4, 0.5) is 0 Å². The third-order valence-corrected chi connectivity index (χ3v) is 1.96. The summed E-state index contributed by atoms with van der Waals surface area (Å²) in [5.74, 6) is 0.624. The van der Waals surface area contributed by atoms with Crippen molar-refractivity contribution in [1.29, 1.82) is 0 Å². The van der Waals surface area contributed by atoms with Crippen molar-refractivity contribution in [2.24, 2.45) is 0 Å². The molecule has 0 fully saturated rings. The Bertz CT molecular complexity index is 524. The van der Waals surface area contributed by atoms with Crippen molar-refractivity contribution in [3.05, 3.63) is 27.8 Å². The molecule has 68 valence electrons. The number of nitrogens with one attached hydrogen (secondary N) is 1. The van der Waals surface area contributed by atoms with E-state index in [-0.39, 0.29) is 11.3 Å². The number of hydrogen-bond donors (Lipinski definition) is 2. The molecule has 0 atom stereocenters. The molecule has 0 radical (unpaired) electrons. The largest absolute Gasteiger partial charge is 0.507 e. The van der Waals surface area contributed by atoms with Crippen LogP contribution in [0.5, 0.6) is 5.75 Å². The van der Waals surface area contributed by atoms with Gasteiger partial charge in [-0.25, -0.2) is 4.98 Å². The number of pyridine rings is 1. The normalized spacial score (nSPS) is 10.9. The lowest BCUT2D eigenvalue weighted by atomic mass is 10.3. The third kappa shape index (κ3) is 1.00. The fraction of sp³-hybridized carbons (Fsp3) is 0.250. The molecule has 5 nitrogen and oxygen atoms in total. The van der Waals surface area contributed by atoms with E-state index in [9.17, 15) is 9.90 Å². The van der Waals surface area contributed by atoms with Gasteiger partial charge in [-0.3, -0.25) is 9.89 Å². The Balaban J connectivity index is 3.01. The Hall–Kier alpha value is -1.78. The summed E-state index contributed by atoms with van der Waals surface area (Å²) in [6, 6.07) is 1.46. The molecule has 0 aromatic carbocycles. The summed E-state index contributed by atoms with van der Waals surface area (Å²) in [6.45, 7) is 3.32. The predicted octanol–water partition coefficient (Wildman–Crippen LogP) is 0.345. The number of aromatic nitrogens is 3. The van der Waals surface area contributed by atoms with Gasteiger partial charge in [0, 0.05) is 6.07 Å². The van der Waals surface area contributed by atoms with Crippen LogP contribution >= 0.6 is 0 Å². The summed E-state index contributed by atoms with van der Waals surface area (Å²) in [5, 5.41) is 12.1. The van der Waals surface area contributed by atoms with Gasteiger partial charge in [-0.05, 0) is 13.8 Å². The topological polar surface area (TPSA) is 70.4 Å². The maximum Gasteiger partial charge on any atom is 0.277 e. The first-order chi connectivity index (χ1) is 6.09. The molecule has 2 heterocycles. The highest BCUT2D eigenvalue weighted by molar-refractivity contribution is 5.46. The van der Waals surface area contributed by atoms with Crippen LogP contribution in [-0.2, 0) is 0 Å². The molecule has 0 amide bonds. The Labute approximate surface area is 73.6 Å². The van der Waals surface area contributed by atoms with Gasteiger partial charge in [-0.1, -0.05) is 0 Å². The highest BCUT2D eigenvalue weighted by atomic mass is 16.3. The standard InChI is InChI=1S/C8H9N3O2/c1-4-6(12)3-7-9-5(2)10-11(7)8(4)13/h3,12H,1-2H3,(H,9,10). The molecule has 0 spiro atoms. The number of H-pyrrole nitrogens is 1. The fourth-order valence-corrected chi connectivity index (χ4v) is 1.23. The number of aromatic amines is 1. The SMILES string of the molecule is Cc1nc2cc(O)c(C)c(=O)n2[nH]1. The van der Waals surface area contributed by atoms with Crippen molar-refractivity contribution in [3.63, 3.8) is 0 Å². The van der Waals surface area contributed by atoms with Gasteiger partial charge in [0.1, 0.15) is 11.6 Å². The van der Waals surface area contributed by atoms with E-state index < -0.39 is 0 Å². The Kier molecular flexibility index (Phi) is 1.42. The molecule has 0 aliphatic rings. The van der Waals surface area contributed by atoms with Crippen LogP contribution in [-0.4, -0.2) is 19.7 Å². The summed E-state index contributed by atoms with van der Waals surface area (Å²) >= 11 is 0. The number of aryl methyl sites for hydroxylation is 1. The quantitative estimate of drug-likeness (QED) is 0.612. The lowest BCUT2D eigenvalue weighted by Gasteiger charge is -1.96. The first-order valence-electron chi connectivity index (χ1n) is 3.87. The maximum atomic E-state index is 11.5. The van der Waals surface area contributed by atoms with Crippen molar-refractivity contribution >= 4 is 5.65 Å². The average Bonchev–Trinajstić information content (AvgIpc) is 2.42. The Morgan fingerprint density at radius 1 is 1.54 bits per heavy atom. The molecular weight excluding hydrogens is 170 g/mol. The summed E-state index contributed by atoms with van der Waals surface area (Å²) in [6.07, 6.45) is 0. The average molecular weight is 179 g/mol. The summed E-state index contributed by atoms with van der Waals surface area (Å²) < 4.78 is 1.31. The van der Waals surface area contributed by atoms with Crippen molar-refractivity contribution < 1.29 is 5.11 Å². The molecule has 0 aliphatic heterocycles. The predicted molar refractivity (Wildman–Crippen MR) is 47.0 cm³/mol. The molecule has 2 aromatic rings. The molecule has 0 aliphatic carbocycles. The van der Waals surface area contributed by atoms with Gasteiger partial charge in [-0.15, -0.1) is 0 Å². The van der Waals surface area contributed by atoms with Crippen LogP contribution in [0.25, 0.3) is 5.65 Å². The van der Waals surface area contributed by atoms with Crippen molar-refractivity contribution in [2.75, 3.05) is 0 Å². The first-order valence-corrected chi connectivity index (χ1v) is 3.87. The molecule has 0 saturated carbocycles. The van der Waals surface area contributed by atoms with Crippen LogP contribution in [0.1, 0.15) is 11.4 Å². The highest BCUT2D eigenvalue weighted by Crippen LogP contribution is 2.12. The zero-order valence-electron chi connectivity index (χ0n) is 7.33. The minimum absolute atomic E-state index is 0.0171. The molecule has 0 unspecified atom stereocenters. The van der Waals surface area contributed by atoms with Gasteiger partial charge in [-0.2, -0.15) is 4.52 Å². The molecule has 0 bridgehead atoms. The van der Waals surface area contributed by atoms with E-state index in [4.69, 9.17) is 0 Å². The van der Waals surface area contributed by atoms with Gasteiger partial charge >= 0.3 is 0 Å². The molecule has 0 saturated heterocycles. The second kappa shape index (κ2) is 2.35. The van der Waals surface area contributed by atoms with Gasteiger partial charge in [0.2, 0.25) is 0 Å². The second-order valence-corrected chi connectivity index (χ2v) is 2.96. The van der Waals surface area contributed by atoms with Crippen LogP contribution in [0.15, 0.2) is 10.9 Å². The summed E-state index contributed by atoms with van der Waals surface area (Å²) in [5.41, 5.74) is 0.488. The Morgan fingerprint density at radius 2 is 2.23 bits per heavy atom. The van der Waals surface area contributed by atoms with Gasteiger partial charge in [0.25, 0.3) is 5.56 Å². The van der Waals surface area contributed by atoms with E-state index in [1.54, 1.807) is 13.8 Å². The smallest absolute Gasteiger partial charge is 0.277 e. The van der Waals surface area contributed by atoms with Crippen LogP contribution in [0, 0.1) is 13.8 Å². The first kappa shape index (κ1) is 7.85. The van der Waals surface area contributed by atoms with E-state index in [1.165, 1.54) is 10.6 Å².